The summed E-state index contributed by atoms with van der Waals surface area (Å²) in [7, 11) is 0. The summed E-state index contributed by atoms with van der Waals surface area (Å²) in [5.74, 6) is -0.967. The fourth-order valence-electron chi connectivity index (χ4n) is 3.09. The monoisotopic (exact) mass is 334 g/mol. The predicted molar refractivity (Wildman–Crippen MR) is 87.6 cm³/mol. The van der Waals surface area contributed by atoms with E-state index < -0.39 is 17.0 Å². The number of ether oxygens (including phenoxy) is 1. The van der Waals surface area contributed by atoms with Crippen LogP contribution < -0.4 is 0 Å². The number of amides is 1. The Labute approximate surface area is 140 Å². The largest absolute Gasteiger partial charge is 0.449 e. The van der Waals surface area contributed by atoms with Crippen LogP contribution in [0.5, 0.6) is 0 Å². The van der Waals surface area contributed by atoms with Crippen molar-refractivity contribution in [2.45, 2.75) is 58.2 Å². The van der Waals surface area contributed by atoms with Gasteiger partial charge in [0.05, 0.1) is 10.5 Å². The van der Waals surface area contributed by atoms with Crippen molar-refractivity contribution in [1.29, 1.82) is 0 Å². The van der Waals surface area contributed by atoms with Gasteiger partial charge in [-0.05, 0) is 46.1 Å². The molecule has 7 nitrogen and oxygen atoms in total. The van der Waals surface area contributed by atoms with E-state index in [0.29, 0.717) is 0 Å². The number of carbonyl (C=O) groups is 2. The van der Waals surface area contributed by atoms with Gasteiger partial charge in [-0.3, -0.25) is 14.9 Å². The molecule has 0 aromatic heterocycles. The lowest BCUT2D eigenvalue weighted by Crippen LogP contribution is -2.51. The summed E-state index contributed by atoms with van der Waals surface area (Å²) < 4.78 is 5.23. The number of rotatable bonds is 4. The topological polar surface area (TPSA) is 89.8 Å². The summed E-state index contributed by atoms with van der Waals surface area (Å²) in [6.07, 6.45) is 2.01. The van der Waals surface area contributed by atoms with Gasteiger partial charge >= 0.3 is 5.97 Å². The van der Waals surface area contributed by atoms with E-state index in [1.165, 1.54) is 25.1 Å². The molecule has 0 unspecified atom stereocenters. The number of carbonyl (C=O) groups excluding carboxylic acids is 2. The van der Waals surface area contributed by atoms with Crippen LogP contribution in [0.3, 0.4) is 0 Å². The number of nitro benzene ring substituents is 1. The Balaban J connectivity index is 2.06. The summed E-state index contributed by atoms with van der Waals surface area (Å²) >= 11 is 0. The first kappa shape index (κ1) is 17.9. The fourth-order valence-corrected chi connectivity index (χ4v) is 3.09. The van der Waals surface area contributed by atoms with Gasteiger partial charge in [-0.2, -0.15) is 0 Å². The number of esters is 1. The number of nitrogens with zero attached hydrogens (tertiary/aromatic N) is 2. The van der Waals surface area contributed by atoms with Crippen LogP contribution in [0.15, 0.2) is 24.3 Å². The molecule has 7 heteroatoms. The van der Waals surface area contributed by atoms with Crippen molar-refractivity contribution in [2.24, 2.45) is 0 Å². The molecule has 0 radical (unpaired) electrons. The van der Waals surface area contributed by atoms with Gasteiger partial charge in [-0.15, -0.1) is 0 Å². The van der Waals surface area contributed by atoms with Crippen LogP contribution >= 0.6 is 0 Å². The predicted octanol–water partition coefficient (Wildman–Crippen LogP) is 2.93. The highest BCUT2D eigenvalue weighted by molar-refractivity contribution is 5.92. The summed E-state index contributed by atoms with van der Waals surface area (Å²) in [5, 5.41) is 10.8. The van der Waals surface area contributed by atoms with Crippen LogP contribution in [0.2, 0.25) is 0 Å². The molecule has 3 atom stereocenters. The second-order valence-electron chi connectivity index (χ2n) is 6.23. The van der Waals surface area contributed by atoms with Crippen LogP contribution in [0.1, 0.15) is 50.4 Å². The lowest BCUT2D eigenvalue weighted by molar-refractivity contribution is -0.384. The average molecular weight is 334 g/mol. The van der Waals surface area contributed by atoms with Crippen LogP contribution in [0.25, 0.3) is 0 Å². The first-order chi connectivity index (χ1) is 11.3. The van der Waals surface area contributed by atoms with E-state index in [-0.39, 0.29) is 29.2 Å². The third kappa shape index (κ3) is 3.90. The van der Waals surface area contributed by atoms with Crippen molar-refractivity contribution in [2.75, 3.05) is 0 Å². The van der Waals surface area contributed by atoms with Gasteiger partial charge in [0.15, 0.2) is 6.10 Å². The quantitative estimate of drug-likeness (QED) is 0.480. The van der Waals surface area contributed by atoms with Crippen LogP contribution in [-0.2, 0) is 9.53 Å². The second-order valence-corrected chi connectivity index (χ2v) is 6.23. The number of likely N-dealkylation sites (tertiary alicyclic amines) is 1. The maximum atomic E-state index is 12.6. The molecule has 1 saturated heterocycles. The Bertz CT molecular complexity index is 636. The Morgan fingerprint density at radius 3 is 2.50 bits per heavy atom. The minimum absolute atomic E-state index is 0.0589. The molecule has 0 saturated carbocycles. The highest BCUT2D eigenvalue weighted by Gasteiger charge is 2.33. The Kier molecular flexibility index (Phi) is 5.54. The van der Waals surface area contributed by atoms with Gasteiger partial charge in [-0.1, -0.05) is 6.07 Å². The van der Waals surface area contributed by atoms with E-state index in [9.17, 15) is 19.7 Å². The van der Waals surface area contributed by atoms with Gasteiger partial charge in [0.2, 0.25) is 0 Å². The molecule has 1 aliphatic heterocycles. The molecule has 0 bridgehead atoms. The standard InChI is InChI=1S/C17H22N2O5/c1-11-6-4-7-12(2)18(11)16(20)13(3)24-17(21)14-8-5-9-15(10-14)19(22)23/h5,8-13H,4,6-7H2,1-3H3/t11-,12+,13-/m1/s1. The second kappa shape index (κ2) is 7.42. The van der Waals surface area contributed by atoms with Gasteiger partial charge in [0, 0.05) is 24.2 Å². The first-order valence-electron chi connectivity index (χ1n) is 8.09. The Hall–Kier alpha value is -2.44. The first-order valence-corrected chi connectivity index (χ1v) is 8.09. The summed E-state index contributed by atoms with van der Waals surface area (Å²) in [6.45, 7) is 5.51. The molecular weight excluding hydrogens is 312 g/mol. The third-order valence-electron chi connectivity index (χ3n) is 4.37. The van der Waals surface area contributed by atoms with Crippen molar-refractivity contribution in [1.82, 2.24) is 4.90 Å². The highest BCUT2D eigenvalue weighted by atomic mass is 16.6. The SMILES string of the molecule is C[C@@H]1CCC[C@H](C)N1C(=O)[C@@H](C)OC(=O)c1cccc([N+](=O)[O-])c1. The number of hydrogen-bond donors (Lipinski definition) is 0. The summed E-state index contributed by atoms with van der Waals surface area (Å²) in [4.78, 5) is 36.7. The van der Waals surface area contributed by atoms with Gasteiger partial charge in [-0.25, -0.2) is 4.79 Å². The maximum absolute atomic E-state index is 12.6. The molecule has 1 aliphatic rings. The third-order valence-corrected chi connectivity index (χ3v) is 4.37. The lowest BCUT2D eigenvalue weighted by Gasteiger charge is -2.40. The molecule has 0 aliphatic carbocycles. The fraction of sp³-hybridized carbons (Fsp3) is 0.529. The lowest BCUT2D eigenvalue weighted by atomic mass is 9.97. The van der Waals surface area contributed by atoms with E-state index in [0.717, 1.165) is 25.3 Å². The molecule has 0 N–H and O–H groups in total. The van der Waals surface area contributed by atoms with E-state index in [2.05, 4.69) is 0 Å². The molecule has 0 spiro atoms. The van der Waals surface area contributed by atoms with Gasteiger partial charge in [0.25, 0.3) is 11.6 Å². The molecule has 130 valence electrons. The minimum Gasteiger partial charge on any atom is -0.449 e. The highest BCUT2D eigenvalue weighted by Crippen LogP contribution is 2.24. The van der Waals surface area contributed by atoms with E-state index in [4.69, 9.17) is 4.74 Å². The maximum Gasteiger partial charge on any atom is 0.339 e. The van der Waals surface area contributed by atoms with E-state index >= 15 is 0 Å². The van der Waals surface area contributed by atoms with Crippen molar-refractivity contribution in [3.05, 3.63) is 39.9 Å². The van der Waals surface area contributed by atoms with Crippen LogP contribution in [0, 0.1) is 10.1 Å². The summed E-state index contributed by atoms with van der Waals surface area (Å²) in [5.41, 5.74) is -0.134. The average Bonchev–Trinajstić information content (AvgIpc) is 2.54. The summed E-state index contributed by atoms with van der Waals surface area (Å²) in [6, 6.07) is 5.50. The van der Waals surface area contributed by atoms with E-state index in [1.54, 1.807) is 4.90 Å². The molecule has 1 fully saturated rings. The van der Waals surface area contributed by atoms with Crippen LogP contribution in [0.4, 0.5) is 5.69 Å². The van der Waals surface area contributed by atoms with Crippen LogP contribution in [-0.4, -0.2) is 39.9 Å². The zero-order valence-electron chi connectivity index (χ0n) is 14.1. The van der Waals surface area contributed by atoms with Crippen molar-refractivity contribution < 1.29 is 19.2 Å². The molecule has 2 rings (SSSR count). The molecule has 1 aromatic carbocycles. The zero-order valence-corrected chi connectivity index (χ0v) is 14.1. The Morgan fingerprint density at radius 2 is 1.92 bits per heavy atom. The van der Waals surface area contributed by atoms with Gasteiger partial charge < -0.3 is 9.64 Å². The molecule has 24 heavy (non-hydrogen) atoms. The molecule has 1 amide bonds. The van der Waals surface area contributed by atoms with Crippen molar-refractivity contribution >= 4 is 17.6 Å². The molecule has 1 heterocycles. The van der Waals surface area contributed by atoms with E-state index in [1.807, 2.05) is 13.8 Å². The molecular formula is C17H22N2O5. The Morgan fingerprint density at radius 1 is 1.29 bits per heavy atom. The zero-order chi connectivity index (χ0) is 17.9. The van der Waals surface area contributed by atoms with Gasteiger partial charge in [0.1, 0.15) is 0 Å². The number of benzene rings is 1. The normalized spacial score (nSPS) is 21.9. The number of nitro groups is 1. The van der Waals surface area contributed by atoms with Crippen molar-refractivity contribution in [3.8, 4) is 0 Å². The minimum atomic E-state index is -0.931. The number of hydrogen-bond acceptors (Lipinski definition) is 5. The number of piperidine rings is 1. The van der Waals surface area contributed by atoms with Crippen molar-refractivity contribution in [3.63, 3.8) is 0 Å². The molecule has 1 aromatic rings. The number of non-ortho nitro benzene ring substituents is 1. The smallest absolute Gasteiger partial charge is 0.339 e.